The zero-order valence-electron chi connectivity index (χ0n) is 9.70. The predicted molar refractivity (Wildman–Crippen MR) is 72.6 cm³/mol. The van der Waals surface area contributed by atoms with Crippen molar-refractivity contribution in [3.63, 3.8) is 0 Å². The van der Waals surface area contributed by atoms with E-state index in [9.17, 15) is 9.18 Å². The summed E-state index contributed by atoms with van der Waals surface area (Å²) in [7, 11) is 0. The van der Waals surface area contributed by atoms with Crippen LogP contribution in [0.25, 0.3) is 0 Å². The molecule has 19 heavy (non-hydrogen) atoms. The van der Waals surface area contributed by atoms with Crippen LogP contribution in [-0.4, -0.2) is 6.29 Å². The van der Waals surface area contributed by atoms with E-state index in [1.807, 2.05) is 0 Å². The fourth-order valence-corrected chi connectivity index (χ4v) is 1.92. The molecule has 0 bridgehead atoms. The highest BCUT2D eigenvalue weighted by Gasteiger charge is 2.08. The highest BCUT2D eigenvalue weighted by Crippen LogP contribution is 2.25. The molecule has 0 aliphatic carbocycles. The second-order valence-electron chi connectivity index (χ2n) is 3.80. The summed E-state index contributed by atoms with van der Waals surface area (Å²) in [5, 5.41) is 0.461. The lowest BCUT2D eigenvalue weighted by Crippen LogP contribution is -1.99. The van der Waals surface area contributed by atoms with Gasteiger partial charge in [0.05, 0.1) is 10.6 Å². The summed E-state index contributed by atoms with van der Waals surface area (Å²) in [5.74, 6) is -0.130. The Hall–Kier alpha value is -1.58. The molecule has 0 saturated heterocycles. The quantitative estimate of drug-likeness (QED) is 0.776. The molecule has 0 aliphatic rings. The zero-order valence-corrected chi connectivity index (χ0v) is 11.2. The molecule has 0 N–H and O–H groups in total. The highest BCUT2D eigenvalue weighted by atomic mass is 35.5. The second kappa shape index (κ2) is 6.04. The van der Waals surface area contributed by atoms with E-state index < -0.39 is 5.82 Å². The third kappa shape index (κ3) is 3.25. The van der Waals surface area contributed by atoms with Crippen LogP contribution in [0.5, 0.6) is 5.75 Å². The van der Waals surface area contributed by atoms with Crippen molar-refractivity contribution in [2.75, 3.05) is 0 Å². The van der Waals surface area contributed by atoms with Crippen molar-refractivity contribution in [1.29, 1.82) is 0 Å². The van der Waals surface area contributed by atoms with Gasteiger partial charge in [0, 0.05) is 10.6 Å². The van der Waals surface area contributed by atoms with Crippen molar-refractivity contribution in [3.8, 4) is 5.75 Å². The molecule has 5 heteroatoms. The number of hydrogen-bond acceptors (Lipinski definition) is 2. The maximum absolute atomic E-state index is 13.2. The average molecular weight is 299 g/mol. The highest BCUT2D eigenvalue weighted by molar-refractivity contribution is 6.31. The van der Waals surface area contributed by atoms with Crippen LogP contribution in [0.4, 0.5) is 4.39 Å². The zero-order chi connectivity index (χ0) is 13.8. The Morgan fingerprint density at radius 3 is 2.74 bits per heavy atom. The number of ether oxygens (including phenoxy) is 1. The first-order chi connectivity index (χ1) is 9.11. The molecule has 0 spiro atoms. The molecular weight excluding hydrogens is 290 g/mol. The van der Waals surface area contributed by atoms with Crippen LogP contribution in [-0.2, 0) is 6.61 Å². The monoisotopic (exact) mass is 298 g/mol. The fourth-order valence-electron chi connectivity index (χ4n) is 1.56. The SMILES string of the molecule is O=Cc1cc(Cl)ccc1OCc1cccc(F)c1Cl. The number of hydrogen-bond donors (Lipinski definition) is 0. The molecule has 0 aromatic heterocycles. The number of carbonyl (C=O) groups excluding carboxylic acids is 1. The van der Waals surface area contributed by atoms with Gasteiger partial charge in [0.1, 0.15) is 18.2 Å². The van der Waals surface area contributed by atoms with E-state index in [1.54, 1.807) is 24.3 Å². The van der Waals surface area contributed by atoms with Crippen LogP contribution in [0.3, 0.4) is 0 Å². The normalized spacial score (nSPS) is 10.3. The molecule has 0 saturated carbocycles. The topological polar surface area (TPSA) is 26.3 Å². The van der Waals surface area contributed by atoms with Crippen LogP contribution < -0.4 is 4.74 Å². The Labute approximate surface area is 119 Å². The van der Waals surface area contributed by atoms with Gasteiger partial charge in [0.25, 0.3) is 0 Å². The predicted octanol–water partition coefficient (Wildman–Crippen LogP) is 4.52. The third-order valence-electron chi connectivity index (χ3n) is 2.51. The lowest BCUT2D eigenvalue weighted by molar-refractivity contribution is 0.111. The minimum absolute atomic E-state index is 0.0177. The summed E-state index contributed by atoms with van der Waals surface area (Å²) in [6.45, 7) is 0.0685. The standard InChI is InChI=1S/C14H9Cl2FO2/c15-11-4-5-13(10(6-11)7-18)19-8-9-2-1-3-12(17)14(9)16/h1-7H,8H2. The van der Waals surface area contributed by atoms with E-state index in [-0.39, 0.29) is 11.6 Å². The Bertz CT molecular complexity index is 614. The van der Waals surface area contributed by atoms with Gasteiger partial charge in [-0.2, -0.15) is 0 Å². The van der Waals surface area contributed by atoms with E-state index in [0.29, 0.717) is 28.2 Å². The third-order valence-corrected chi connectivity index (χ3v) is 3.17. The van der Waals surface area contributed by atoms with Crippen molar-refractivity contribution in [2.24, 2.45) is 0 Å². The van der Waals surface area contributed by atoms with E-state index in [0.717, 1.165) is 0 Å². The molecule has 2 aromatic rings. The lowest BCUT2D eigenvalue weighted by Gasteiger charge is -2.10. The molecule has 0 fully saturated rings. The molecule has 0 unspecified atom stereocenters. The van der Waals surface area contributed by atoms with Gasteiger partial charge in [-0.25, -0.2) is 4.39 Å². The maximum atomic E-state index is 13.2. The van der Waals surface area contributed by atoms with Crippen molar-refractivity contribution in [3.05, 3.63) is 63.4 Å². The van der Waals surface area contributed by atoms with Crippen LogP contribution in [0.15, 0.2) is 36.4 Å². The molecule has 2 rings (SSSR count). The minimum Gasteiger partial charge on any atom is -0.488 e. The van der Waals surface area contributed by atoms with Crippen molar-refractivity contribution < 1.29 is 13.9 Å². The summed E-state index contributed by atoms with van der Waals surface area (Å²) in [6.07, 6.45) is 0.647. The number of rotatable bonds is 4. The van der Waals surface area contributed by atoms with Gasteiger partial charge in [-0.1, -0.05) is 35.3 Å². The Balaban J connectivity index is 2.19. The molecule has 2 aromatic carbocycles. The summed E-state index contributed by atoms with van der Waals surface area (Å²) < 4.78 is 18.7. The summed E-state index contributed by atoms with van der Waals surface area (Å²) >= 11 is 11.6. The van der Waals surface area contributed by atoms with Gasteiger partial charge in [0.2, 0.25) is 0 Å². The molecule has 2 nitrogen and oxygen atoms in total. The molecule has 0 atom stereocenters. The summed E-state index contributed by atoms with van der Waals surface area (Å²) in [4.78, 5) is 10.9. The minimum atomic E-state index is -0.505. The van der Waals surface area contributed by atoms with Gasteiger partial charge < -0.3 is 4.74 Å². The van der Waals surface area contributed by atoms with Gasteiger partial charge in [0.15, 0.2) is 6.29 Å². The van der Waals surface area contributed by atoms with Gasteiger partial charge in [-0.15, -0.1) is 0 Å². The van der Waals surface area contributed by atoms with Crippen molar-refractivity contribution in [1.82, 2.24) is 0 Å². The van der Waals surface area contributed by atoms with Gasteiger partial charge >= 0.3 is 0 Å². The molecular formula is C14H9Cl2FO2. The average Bonchev–Trinajstić information content (AvgIpc) is 2.41. The maximum Gasteiger partial charge on any atom is 0.153 e. The second-order valence-corrected chi connectivity index (χ2v) is 4.62. The molecule has 0 aliphatic heterocycles. The largest absolute Gasteiger partial charge is 0.488 e. The lowest BCUT2D eigenvalue weighted by atomic mass is 10.2. The smallest absolute Gasteiger partial charge is 0.153 e. The first-order valence-corrected chi connectivity index (χ1v) is 6.18. The first kappa shape index (κ1) is 13.8. The van der Waals surface area contributed by atoms with E-state index in [2.05, 4.69) is 0 Å². The molecule has 0 amide bonds. The van der Waals surface area contributed by atoms with Gasteiger partial charge in [-0.3, -0.25) is 4.79 Å². The van der Waals surface area contributed by atoms with Crippen molar-refractivity contribution >= 4 is 29.5 Å². The number of aldehydes is 1. The van der Waals surface area contributed by atoms with Crippen LogP contribution >= 0.6 is 23.2 Å². The number of carbonyl (C=O) groups is 1. The fraction of sp³-hybridized carbons (Fsp3) is 0.0714. The van der Waals surface area contributed by atoms with Crippen LogP contribution in [0, 0.1) is 5.82 Å². The molecule has 0 heterocycles. The summed E-state index contributed by atoms with van der Waals surface area (Å²) in [6, 6.07) is 9.16. The Morgan fingerprint density at radius 1 is 1.21 bits per heavy atom. The summed E-state index contributed by atoms with van der Waals surface area (Å²) in [5.41, 5.74) is 0.841. The van der Waals surface area contributed by atoms with E-state index in [1.165, 1.54) is 12.1 Å². The van der Waals surface area contributed by atoms with E-state index in [4.69, 9.17) is 27.9 Å². The Morgan fingerprint density at radius 2 is 2.00 bits per heavy atom. The van der Waals surface area contributed by atoms with Gasteiger partial charge in [-0.05, 0) is 24.3 Å². The number of benzene rings is 2. The Kier molecular flexibility index (Phi) is 4.40. The van der Waals surface area contributed by atoms with E-state index >= 15 is 0 Å². The van der Waals surface area contributed by atoms with Crippen LogP contribution in [0.1, 0.15) is 15.9 Å². The molecule has 98 valence electrons. The number of halogens is 3. The van der Waals surface area contributed by atoms with Crippen molar-refractivity contribution in [2.45, 2.75) is 6.61 Å². The molecule has 0 radical (unpaired) electrons. The van der Waals surface area contributed by atoms with Crippen LogP contribution in [0.2, 0.25) is 10.0 Å². The first-order valence-electron chi connectivity index (χ1n) is 5.42.